The van der Waals surface area contributed by atoms with Crippen molar-refractivity contribution in [3.63, 3.8) is 0 Å². The number of benzene rings is 1. The van der Waals surface area contributed by atoms with Crippen molar-refractivity contribution in [1.29, 1.82) is 0 Å². The molecule has 0 aliphatic heterocycles. The lowest BCUT2D eigenvalue weighted by Crippen LogP contribution is -2.32. The zero-order chi connectivity index (χ0) is 19.7. The summed E-state index contributed by atoms with van der Waals surface area (Å²) in [6, 6.07) is 8.12. The van der Waals surface area contributed by atoms with Gasteiger partial charge < -0.3 is 0 Å². The molecule has 0 radical (unpaired) electrons. The predicted molar refractivity (Wildman–Crippen MR) is 114 cm³/mol. The van der Waals surface area contributed by atoms with Crippen molar-refractivity contribution in [2.45, 2.75) is 37.1 Å². The summed E-state index contributed by atoms with van der Waals surface area (Å²) in [6.45, 7) is 4.05. The lowest BCUT2D eigenvalue weighted by molar-refractivity contribution is -0.117. The molecule has 0 bridgehead atoms. The summed E-state index contributed by atoms with van der Waals surface area (Å²) >= 11 is 4.23. The lowest BCUT2D eigenvalue weighted by atomic mass is 10.3. The van der Waals surface area contributed by atoms with Crippen molar-refractivity contribution in [2.24, 2.45) is 0 Å². The van der Waals surface area contributed by atoms with E-state index in [9.17, 15) is 9.59 Å². The summed E-state index contributed by atoms with van der Waals surface area (Å²) in [5.41, 5.74) is 0.902. The minimum atomic E-state index is -0.0195. The van der Waals surface area contributed by atoms with Crippen LogP contribution < -0.4 is 9.80 Å². The molecule has 1 saturated carbocycles. The van der Waals surface area contributed by atoms with E-state index in [4.69, 9.17) is 0 Å². The highest BCUT2D eigenvalue weighted by Gasteiger charge is 2.34. The largest absolute Gasteiger partial charge is 0.288 e. The van der Waals surface area contributed by atoms with Crippen molar-refractivity contribution in [1.82, 2.24) is 15.2 Å². The third-order valence-corrected chi connectivity index (χ3v) is 7.40. The standard InChI is InChI=1S/C18H19N5O2S3/c1-3-22(16-19-13-6-4-5-7-14(13)27-16)15(25)10-26-18-21-20-17(28-18)23(11(2)24)12-8-9-12/h4-7,12H,3,8-10H2,1-2H3. The number of carbonyl (C=O) groups is 2. The molecule has 2 heterocycles. The van der Waals surface area contributed by atoms with Gasteiger partial charge in [0.1, 0.15) is 0 Å². The summed E-state index contributed by atoms with van der Waals surface area (Å²) in [4.78, 5) is 32.6. The smallest absolute Gasteiger partial charge is 0.239 e. The number of anilines is 2. The Labute approximate surface area is 174 Å². The Morgan fingerprint density at radius 2 is 1.96 bits per heavy atom. The fourth-order valence-electron chi connectivity index (χ4n) is 2.83. The first-order valence-corrected chi connectivity index (χ1v) is 11.6. The van der Waals surface area contributed by atoms with E-state index in [1.54, 1.807) is 16.7 Å². The highest BCUT2D eigenvalue weighted by atomic mass is 32.2. The number of hydrogen-bond acceptors (Lipinski definition) is 8. The molecule has 28 heavy (non-hydrogen) atoms. The van der Waals surface area contributed by atoms with Crippen molar-refractivity contribution >= 4 is 66.7 Å². The van der Waals surface area contributed by atoms with Crippen LogP contribution >= 0.6 is 34.4 Å². The average molecular weight is 434 g/mol. The molecule has 4 rings (SSSR count). The van der Waals surface area contributed by atoms with Gasteiger partial charge in [0.15, 0.2) is 9.47 Å². The highest BCUT2D eigenvalue weighted by Crippen LogP contribution is 2.36. The van der Waals surface area contributed by atoms with Crippen LogP contribution in [0.5, 0.6) is 0 Å². The molecule has 0 unspecified atom stereocenters. The monoisotopic (exact) mass is 433 g/mol. The molecule has 0 saturated heterocycles. The van der Waals surface area contributed by atoms with E-state index < -0.39 is 0 Å². The maximum absolute atomic E-state index is 12.8. The molecule has 1 aromatic carbocycles. The van der Waals surface area contributed by atoms with Gasteiger partial charge in [0, 0.05) is 19.5 Å². The Morgan fingerprint density at radius 3 is 2.64 bits per heavy atom. The van der Waals surface area contributed by atoms with Crippen molar-refractivity contribution < 1.29 is 9.59 Å². The van der Waals surface area contributed by atoms with E-state index in [2.05, 4.69) is 15.2 Å². The summed E-state index contributed by atoms with van der Waals surface area (Å²) in [6.07, 6.45) is 2.02. The quantitative estimate of drug-likeness (QED) is 0.416. The number of thioether (sulfide) groups is 1. The Bertz CT molecular complexity index is 980. The highest BCUT2D eigenvalue weighted by molar-refractivity contribution is 8.01. The van der Waals surface area contributed by atoms with E-state index in [0.29, 0.717) is 21.1 Å². The van der Waals surface area contributed by atoms with Gasteiger partial charge in [0.2, 0.25) is 16.9 Å². The molecule has 0 atom stereocenters. The molecule has 10 heteroatoms. The van der Waals surface area contributed by atoms with Crippen LogP contribution in [0.15, 0.2) is 28.6 Å². The SMILES string of the molecule is CCN(C(=O)CSc1nnc(N(C(C)=O)C2CC2)s1)c1nc2ccccc2s1. The van der Waals surface area contributed by atoms with Crippen molar-refractivity contribution in [2.75, 3.05) is 22.1 Å². The van der Waals surface area contributed by atoms with Gasteiger partial charge in [0.25, 0.3) is 0 Å². The van der Waals surface area contributed by atoms with E-state index >= 15 is 0 Å². The van der Waals surface area contributed by atoms with Crippen LogP contribution in [0.3, 0.4) is 0 Å². The third-order valence-electron chi connectivity index (χ3n) is 4.30. The first-order chi connectivity index (χ1) is 13.6. The van der Waals surface area contributed by atoms with Crippen LogP contribution in [0.1, 0.15) is 26.7 Å². The number of aromatic nitrogens is 3. The number of thiazole rings is 1. The number of hydrogen-bond donors (Lipinski definition) is 0. The molecule has 7 nitrogen and oxygen atoms in total. The third kappa shape index (κ3) is 4.03. The second kappa shape index (κ2) is 8.14. The molecular weight excluding hydrogens is 414 g/mol. The fourth-order valence-corrected chi connectivity index (χ4v) is 5.71. The summed E-state index contributed by atoms with van der Waals surface area (Å²) in [5, 5.41) is 9.62. The maximum Gasteiger partial charge on any atom is 0.239 e. The van der Waals surface area contributed by atoms with Crippen LogP contribution in [0.2, 0.25) is 0 Å². The van der Waals surface area contributed by atoms with Crippen LogP contribution in [0.4, 0.5) is 10.3 Å². The number of rotatable bonds is 7. The van der Waals surface area contributed by atoms with Crippen molar-refractivity contribution in [3.05, 3.63) is 24.3 Å². The second-order valence-electron chi connectivity index (χ2n) is 6.36. The fraction of sp³-hybridized carbons (Fsp3) is 0.389. The minimum Gasteiger partial charge on any atom is -0.288 e. The first kappa shape index (κ1) is 19.3. The average Bonchev–Trinajstić information content (AvgIpc) is 3.23. The Balaban J connectivity index is 1.42. The van der Waals surface area contributed by atoms with Gasteiger partial charge in [-0.05, 0) is 31.9 Å². The molecule has 146 valence electrons. The van der Waals surface area contributed by atoms with E-state index in [-0.39, 0.29) is 23.6 Å². The molecular formula is C18H19N5O2S3. The Hall–Kier alpha value is -2.04. The normalized spacial score (nSPS) is 13.6. The van der Waals surface area contributed by atoms with Crippen LogP contribution in [0.25, 0.3) is 10.2 Å². The number of nitrogens with zero attached hydrogens (tertiary/aromatic N) is 5. The molecule has 1 fully saturated rings. The molecule has 0 spiro atoms. The maximum atomic E-state index is 12.8. The summed E-state index contributed by atoms with van der Waals surface area (Å²) in [5.74, 6) is 0.218. The molecule has 2 amide bonds. The number of carbonyl (C=O) groups excluding carboxylic acids is 2. The molecule has 2 aromatic heterocycles. The Kier molecular flexibility index (Phi) is 5.61. The van der Waals surface area contributed by atoms with Gasteiger partial charge in [-0.1, -0.05) is 46.6 Å². The van der Waals surface area contributed by atoms with Crippen molar-refractivity contribution in [3.8, 4) is 0 Å². The van der Waals surface area contributed by atoms with E-state index in [0.717, 1.165) is 23.1 Å². The molecule has 1 aliphatic carbocycles. The summed E-state index contributed by atoms with van der Waals surface area (Å²) < 4.78 is 1.75. The predicted octanol–water partition coefficient (Wildman–Crippen LogP) is 3.81. The van der Waals surface area contributed by atoms with Gasteiger partial charge >= 0.3 is 0 Å². The van der Waals surface area contributed by atoms with E-state index in [1.807, 2.05) is 31.2 Å². The number of fused-ring (bicyclic) bond motifs is 1. The number of amides is 2. The lowest BCUT2D eigenvalue weighted by Gasteiger charge is -2.17. The van der Waals surface area contributed by atoms with Crippen LogP contribution in [0, 0.1) is 0 Å². The first-order valence-electron chi connectivity index (χ1n) is 8.99. The van der Waals surface area contributed by atoms with Gasteiger partial charge in [-0.25, -0.2) is 4.98 Å². The summed E-state index contributed by atoms with van der Waals surface area (Å²) in [7, 11) is 0. The minimum absolute atomic E-state index is 0.0146. The number of para-hydroxylation sites is 1. The Morgan fingerprint density at radius 1 is 1.18 bits per heavy atom. The van der Waals surface area contributed by atoms with Crippen LogP contribution in [-0.4, -0.2) is 45.3 Å². The van der Waals surface area contributed by atoms with E-state index in [1.165, 1.54) is 34.4 Å². The van der Waals surface area contributed by atoms with Gasteiger partial charge in [-0.3, -0.25) is 19.4 Å². The second-order valence-corrected chi connectivity index (χ2v) is 9.55. The van der Waals surface area contributed by atoms with Gasteiger partial charge in [-0.15, -0.1) is 10.2 Å². The molecule has 1 aliphatic rings. The van der Waals surface area contributed by atoms with Gasteiger partial charge in [0.05, 0.1) is 16.0 Å². The van der Waals surface area contributed by atoms with Gasteiger partial charge in [-0.2, -0.15) is 0 Å². The van der Waals surface area contributed by atoms with Crippen LogP contribution in [-0.2, 0) is 9.59 Å². The molecule has 3 aromatic rings. The molecule has 0 N–H and O–H groups in total. The zero-order valence-corrected chi connectivity index (χ0v) is 17.9. The zero-order valence-electron chi connectivity index (χ0n) is 15.5. The topological polar surface area (TPSA) is 79.3 Å².